The number of nitrogens with zero attached hydrogens (tertiary/aromatic N) is 2. The average molecular weight is 443 g/mol. The average Bonchev–Trinajstić information content (AvgIpc) is 2.97. The number of hydrogen-bond donors (Lipinski definition) is 2. The molecule has 0 bridgehead atoms. The molecule has 1 aromatic heterocycles. The lowest BCUT2D eigenvalue weighted by Crippen LogP contribution is -2.42. The number of aryl methyl sites for hydroxylation is 1. The fraction of sp³-hybridized carbons (Fsp3) is 0.500. The lowest BCUT2D eigenvalue weighted by molar-refractivity contribution is -0.147. The van der Waals surface area contributed by atoms with Gasteiger partial charge in [0.2, 0.25) is 11.8 Å². The van der Waals surface area contributed by atoms with Crippen LogP contribution in [0.1, 0.15) is 62.7 Å². The van der Waals surface area contributed by atoms with Crippen molar-refractivity contribution in [2.45, 2.75) is 60.5 Å². The molecule has 8 nitrogen and oxygen atoms in total. The van der Waals surface area contributed by atoms with Crippen LogP contribution in [0.4, 0.5) is 0 Å². The van der Waals surface area contributed by atoms with Crippen molar-refractivity contribution in [1.29, 1.82) is 0 Å². The van der Waals surface area contributed by atoms with E-state index in [2.05, 4.69) is 15.7 Å². The minimum absolute atomic E-state index is 0.184. The molecule has 0 saturated carbocycles. The molecule has 0 aliphatic rings. The van der Waals surface area contributed by atoms with Gasteiger partial charge in [-0.1, -0.05) is 51.1 Å². The normalized spacial score (nSPS) is 12.2. The van der Waals surface area contributed by atoms with E-state index >= 15 is 0 Å². The van der Waals surface area contributed by atoms with Crippen LogP contribution in [-0.2, 0) is 25.7 Å². The highest BCUT2D eigenvalue weighted by Gasteiger charge is 2.30. The molecular weight excluding hydrogens is 408 g/mol. The van der Waals surface area contributed by atoms with Crippen molar-refractivity contribution in [2.75, 3.05) is 13.2 Å². The molecule has 2 rings (SSSR count). The Kier molecular flexibility index (Phi) is 8.57. The predicted molar refractivity (Wildman–Crippen MR) is 122 cm³/mol. The van der Waals surface area contributed by atoms with E-state index in [1.165, 1.54) is 0 Å². The fourth-order valence-corrected chi connectivity index (χ4v) is 3.45. The summed E-state index contributed by atoms with van der Waals surface area (Å²) in [6.45, 7) is 11.7. The number of amides is 2. The second-order valence-electron chi connectivity index (χ2n) is 8.99. The minimum atomic E-state index is -1.01. The van der Waals surface area contributed by atoms with Gasteiger partial charge < -0.3 is 15.4 Å². The van der Waals surface area contributed by atoms with Gasteiger partial charge in [0.05, 0.1) is 25.4 Å². The Labute approximate surface area is 189 Å². The number of esters is 1. The largest absolute Gasteiger partial charge is 0.464 e. The first-order chi connectivity index (χ1) is 15.0. The number of carbonyl (C=O) groups is 3. The molecule has 0 unspecified atom stereocenters. The predicted octanol–water partition coefficient (Wildman–Crippen LogP) is 2.82. The van der Waals surface area contributed by atoms with E-state index in [1.54, 1.807) is 13.8 Å². The van der Waals surface area contributed by atoms with E-state index in [0.717, 1.165) is 11.3 Å². The standard InChI is InChI=1S/C24H34N4O4/c1-7-32-23(31)22(26-20(30)14-25-19(29)13-24(4,5)6)21-16(2)27-28(17(21)3)15-18-11-9-8-10-12-18/h8-12,22H,7,13-15H2,1-6H3,(H,25,29)(H,26,30)/t22-/m0/s1. The molecule has 1 atom stereocenters. The van der Waals surface area contributed by atoms with Crippen molar-refractivity contribution in [2.24, 2.45) is 5.41 Å². The highest BCUT2D eigenvalue weighted by Crippen LogP contribution is 2.24. The van der Waals surface area contributed by atoms with E-state index in [0.29, 0.717) is 24.2 Å². The molecule has 1 aromatic carbocycles. The number of nitrogens with one attached hydrogen (secondary N) is 2. The Balaban J connectivity index is 2.19. The zero-order valence-electron chi connectivity index (χ0n) is 19.8. The Bertz CT molecular complexity index is 945. The zero-order chi connectivity index (χ0) is 23.9. The highest BCUT2D eigenvalue weighted by molar-refractivity contribution is 5.89. The summed E-state index contributed by atoms with van der Waals surface area (Å²) in [7, 11) is 0. The van der Waals surface area contributed by atoms with Gasteiger partial charge in [-0.2, -0.15) is 5.10 Å². The van der Waals surface area contributed by atoms with E-state index in [9.17, 15) is 14.4 Å². The molecular formula is C24H34N4O4. The van der Waals surface area contributed by atoms with Crippen LogP contribution in [0.25, 0.3) is 0 Å². The summed E-state index contributed by atoms with van der Waals surface area (Å²) in [4.78, 5) is 37.3. The van der Waals surface area contributed by atoms with Crippen LogP contribution in [0.15, 0.2) is 30.3 Å². The van der Waals surface area contributed by atoms with Crippen LogP contribution in [0.5, 0.6) is 0 Å². The van der Waals surface area contributed by atoms with Gasteiger partial charge in [0, 0.05) is 17.7 Å². The van der Waals surface area contributed by atoms with Crippen LogP contribution in [0, 0.1) is 19.3 Å². The Hall–Kier alpha value is -3.16. The number of rotatable bonds is 9. The number of aromatic nitrogens is 2. The summed E-state index contributed by atoms with van der Waals surface area (Å²) in [6, 6.07) is 8.85. The first-order valence-corrected chi connectivity index (χ1v) is 10.8. The van der Waals surface area contributed by atoms with Crippen molar-refractivity contribution in [1.82, 2.24) is 20.4 Å². The van der Waals surface area contributed by atoms with E-state index in [1.807, 2.05) is 62.7 Å². The van der Waals surface area contributed by atoms with Gasteiger partial charge in [-0.05, 0) is 31.7 Å². The minimum Gasteiger partial charge on any atom is -0.464 e. The monoisotopic (exact) mass is 442 g/mol. The van der Waals surface area contributed by atoms with E-state index < -0.39 is 17.9 Å². The van der Waals surface area contributed by atoms with Crippen LogP contribution in [0.2, 0.25) is 0 Å². The molecule has 8 heteroatoms. The molecule has 2 N–H and O–H groups in total. The number of ether oxygens (including phenoxy) is 1. The topological polar surface area (TPSA) is 102 Å². The molecule has 1 heterocycles. The molecule has 0 aliphatic carbocycles. The van der Waals surface area contributed by atoms with E-state index in [4.69, 9.17) is 4.74 Å². The van der Waals surface area contributed by atoms with Gasteiger partial charge in [0.1, 0.15) is 0 Å². The van der Waals surface area contributed by atoms with Crippen molar-refractivity contribution in [3.63, 3.8) is 0 Å². The first-order valence-electron chi connectivity index (χ1n) is 10.8. The van der Waals surface area contributed by atoms with Crippen molar-refractivity contribution >= 4 is 17.8 Å². The molecule has 0 spiro atoms. The maximum Gasteiger partial charge on any atom is 0.333 e. The van der Waals surface area contributed by atoms with Gasteiger partial charge in [-0.25, -0.2) is 4.79 Å². The van der Waals surface area contributed by atoms with Gasteiger partial charge in [-0.15, -0.1) is 0 Å². The molecule has 32 heavy (non-hydrogen) atoms. The highest BCUT2D eigenvalue weighted by atomic mass is 16.5. The third kappa shape index (κ3) is 7.21. The smallest absolute Gasteiger partial charge is 0.333 e. The summed E-state index contributed by atoms with van der Waals surface area (Å²) in [6.07, 6.45) is 0.298. The SMILES string of the molecule is CCOC(=O)[C@@H](NC(=O)CNC(=O)CC(C)(C)C)c1c(C)nn(Cc2ccccc2)c1C. The second kappa shape index (κ2) is 10.9. The summed E-state index contributed by atoms with van der Waals surface area (Å²) < 4.78 is 7.02. The maximum atomic E-state index is 12.7. The Morgan fingerprint density at radius 3 is 2.34 bits per heavy atom. The quantitative estimate of drug-likeness (QED) is 0.582. The molecule has 2 aromatic rings. The number of carbonyl (C=O) groups excluding carboxylic acids is 3. The van der Waals surface area contributed by atoms with Crippen molar-refractivity contribution in [3.05, 3.63) is 52.8 Å². The zero-order valence-corrected chi connectivity index (χ0v) is 19.8. The van der Waals surface area contributed by atoms with Crippen LogP contribution in [0.3, 0.4) is 0 Å². The van der Waals surface area contributed by atoms with Gasteiger partial charge >= 0.3 is 5.97 Å². The molecule has 0 fully saturated rings. The summed E-state index contributed by atoms with van der Waals surface area (Å²) in [5, 5.41) is 9.90. The Morgan fingerprint density at radius 1 is 1.09 bits per heavy atom. The van der Waals surface area contributed by atoms with Crippen LogP contribution >= 0.6 is 0 Å². The molecule has 0 radical (unpaired) electrons. The second-order valence-corrected chi connectivity index (χ2v) is 8.99. The summed E-state index contributed by atoms with van der Waals surface area (Å²) in [5.41, 5.74) is 2.89. The molecule has 2 amide bonds. The molecule has 0 saturated heterocycles. The van der Waals surface area contributed by atoms with Gasteiger partial charge in [0.25, 0.3) is 0 Å². The Morgan fingerprint density at radius 2 is 1.75 bits per heavy atom. The van der Waals surface area contributed by atoms with E-state index in [-0.39, 0.29) is 24.5 Å². The van der Waals surface area contributed by atoms with Crippen molar-refractivity contribution in [3.8, 4) is 0 Å². The first kappa shape index (κ1) is 25.1. The third-order valence-electron chi connectivity index (χ3n) is 4.87. The van der Waals surface area contributed by atoms with Crippen LogP contribution in [-0.4, -0.2) is 40.7 Å². The fourth-order valence-electron chi connectivity index (χ4n) is 3.45. The molecule has 174 valence electrons. The lowest BCUT2D eigenvalue weighted by atomic mass is 9.92. The number of hydrogen-bond acceptors (Lipinski definition) is 5. The number of benzene rings is 1. The van der Waals surface area contributed by atoms with Gasteiger partial charge in [-0.3, -0.25) is 14.3 Å². The maximum absolute atomic E-state index is 12.7. The van der Waals surface area contributed by atoms with Gasteiger partial charge in [0.15, 0.2) is 6.04 Å². The summed E-state index contributed by atoms with van der Waals surface area (Å²) in [5.74, 6) is -1.25. The van der Waals surface area contributed by atoms with Crippen LogP contribution < -0.4 is 10.6 Å². The molecule has 0 aliphatic heterocycles. The van der Waals surface area contributed by atoms with Crippen molar-refractivity contribution < 1.29 is 19.1 Å². The lowest BCUT2D eigenvalue weighted by Gasteiger charge is -2.20. The third-order valence-corrected chi connectivity index (χ3v) is 4.87. The summed E-state index contributed by atoms with van der Waals surface area (Å²) >= 11 is 0.